The van der Waals surface area contributed by atoms with Gasteiger partial charge in [-0.3, -0.25) is 4.79 Å². The standard InChI is InChI=1S/C12H14BrNO/c1-14-6-5-10(8-14)12(15)9-3-2-4-11(13)7-9/h2-4,7,10H,5-6,8H2,1H3. The number of ketones is 1. The Morgan fingerprint density at radius 3 is 2.93 bits per heavy atom. The van der Waals surface area contributed by atoms with E-state index in [0.29, 0.717) is 0 Å². The molecule has 0 aromatic heterocycles. The van der Waals surface area contributed by atoms with Gasteiger partial charge < -0.3 is 4.90 Å². The molecule has 1 heterocycles. The number of rotatable bonds is 2. The Kier molecular flexibility index (Phi) is 3.22. The zero-order valence-electron chi connectivity index (χ0n) is 8.74. The summed E-state index contributed by atoms with van der Waals surface area (Å²) in [7, 11) is 2.06. The molecule has 1 aromatic carbocycles. The van der Waals surface area contributed by atoms with E-state index in [4.69, 9.17) is 0 Å². The van der Waals surface area contributed by atoms with Crippen LogP contribution in [0.5, 0.6) is 0 Å². The highest BCUT2D eigenvalue weighted by Crippen LogP contribution is 2.21. The van der Waals surface area contributed by atoms with Crippen molar-refractivity contribution in [1.82, 2.24) is 4.90 Å². The van der Waals surface area contributed by atoms with Crippen LogP contribution in [-0.4, -0.2) is 30.8 Å². The van der Waals surface area contributed by atoms with Gasteiger partial charge >= 0.3 is 0 Å². The van der Waals surface area contributed by atoms with Gasteiger partial charge in [-0.15, -0.1) is 0 Å². The van der Waals surface area contributed by atoms with Crippen molar-refractivity contribution in [2.75, 3.05) is 20.1 Å². The van der Waals surface area contributed by atoms with Gasteiger partial charge in [0.15, 0.2) is 5.78 Å². The third-order valence-electron chi connectivity index (χ3n) is 2.87. The molecular formula is C12H14BrNO. The number of likely N-dealkylation sites (tertiary alicyclic amines) is 1. The largest absolute Gasteiger partial charge is 0.306 e. The van der Waals surface area contributed by atoms with Crippen molar-refractivity contribution in [2.24, 2.45) is 5.92 Å². The molecular weight excluding hydrogens is 254 g/mol. The Hall–Kier alpha value is -0.670. The molecule has 15 heavy (non-hydrogen) atoms. The van der Waals surface area contributed by atoms with Gasteiger partial charge in [-0.25, -0.2) is 0 Å². The molecule has 1 aromatic rings. The average Bonchev–Trinajstić information content (AvgIpc) is 2.64. The summed E-state index contributed by atoms with van der Waals surface area (Å²) in [5.41, 5.74) is 0.824. The molecule has 1 atom stereocenters. The molecule has 3 heteroatoms. The molecule has 0 saturated carbocycles. The van der Waals surface area contributed by atoms with Crippen molar-refractivity contribution in [3.63, 3.8) is 0 Å². The van der Waals surface area contributed by atoms with Gasteiger partial charge in [0.25, 0.3) is 0 Å². The van der Waals surface area contributed by atoms with Crippen LogP contribution in [0.3, 0.4) is 0 Å². The Labute approximate surface area is 98.4 Å². The summed E-state index contributed by atoms with van der Waals surface area (Å²) in [6, 6.07) is 7.65. The maximum atomic E-state index is 12.1. The van der Waals surface area contributed by atoms with Crippen molar-refractivity contribution < 1.29 is 4.79 Å². The predicted octanol–water partition coefficient (Wildman–Crippen LogP) is 2.58. The number of benzene rings is 1. The average molecular weight is 268 g/mol. The molecule has 0 aliphatic carbocycles. The van der Waals surface area contributed by atoms with Crippen molar-refractivity contribution in [3.8, 4) is 0 Å². The summed E-state index contributed by atoms with van der Waals surface area (Å²) >= 11 is 3.39. The lowest BCUT2D eigenvalue weighted by atomic mass is 9.97. The van der Waals surface area contributed by atoms with Crippen LogP contribution in [-0.2, 0) is 0 Å². The summed E-state index contributed by atoms with van der Waals surface area (Å²) < 4.78 is 0.972. The minimum absolute atomic E-state index is 0.185. The molecule has 1 unspecified atom stereocenters. The maximum Gasteiger partial charge on any atom is 0.167 e. The molecule has 0 N–H and O–H groups in total. The van der Waals surface area contributed by atoms with Crippen LogP contribution in [0.2, 0.25) is 0 Å². The molecule has 1 aliphatic rings. The van der Waals surface area contributed by atoms with Crippen LogP contribution in [0.4, 0.5) is 0 Å². The highest BCUT2D eigenvalue weighted by atomic mass is 79.9. The number of halogens is 1. The van der Waals surface area contributed by atoms with E-state index in [2.05, 4.69) is 27.9 Å². The highest BCUT2D eigenvalue weighted by molar-refractivity contribution is 9.10. The summed E-state index contributed by atoms with van der Waals surface area (Å²) in [6.45, 7) is 1.93. The first-order valence-corrected chi connectivity index (χ1v) is 5.94. The Bertz CT molecular complexity index is 378. The fourth-order valence-electron chi connectivity index (χ4n) is 2.03. The molecule has 0 amide bonds. The van der Waals surface area contributed by atoms with Crippen LogP contribution in [0.25, 0.3) is 0 Å². The molecule has 1 aliphatic heterocycles. The van der Waals surface area contributed by atoms with Crippen LogP contribution >= 0.6 is 15.9 Å². The van der Waals surface area contributed by atoms with Crippen LogP contribution in [0, 0.1) is 5.92 Å². The third-order valence-corrected chi connectivity index (χ3v) is 3.36. The van der Waals surface area contributed by atoms with E-state index in [1.54, 1.807) is 0 Å². The molecule has 1 saturated heterocycles. The van der Waals surface area contributed by atoms with E-state index in [-0.39, 0.29) is 11.7 Å². The Balaban J connectivity index is 2.14. The summed E-state index contributed by atoms with van der Waals surface area (Å²) in [4.78, 5) is 14.3. The van der Waals surface area contributed by atoms with E-state index in [1.807, 2.05) is 24.3 Å². The smallest absolute Gasteiger partial charge is 0.167 e. The normalized spacial score (nSPS) is 21.9. The SMILES string of the molecule is CN1CCC(C(=O)c2cccc(Br)c2)C1. The van der Waals surface area contributed by atoms with Crippen LogP contribution < -0.4 is 0 Å². The second-order valence-corrected chi connectivity index (χ2v) is 5.04. The second-order valence-electron chi connectivity index (χ2n) is 4.12. The van der Waals surface area contributed by atoms with Gasteiger partial charge in [0.2, 0.25) is 0 Å². The summed E-state index contributed by atoms with van der Waals surface area (Å²) in [6.07, 6.45) is 0.988. The van der Waals surface area contributed by atoms with Crippen molar-refractivity contribution >= 4 is 21.7 Å². The number of hydrogen-bond acceptors (Lipinski definition) is 2. The number of carbonyl (C=O) groups is 1. The number of hydrogen-bond donors (Lipinski definition) is 0. The van der Waals surface area contributed by atoms with E-state index in [9.17, 15) is 4.79 Å². The van der Waals surface area contributed by atoms with Crippen LogP contribution in [0.15, 0.2) is 28.7 Å². The van der Waals surface area contributed by atoms with E-state index in [0.717, 1.165) is 29.5 Å². The molecule has 1 fully saturated rings. The Morgan fingerprint density at radius 1 is 1.53 bits per heavy atom. The lowest BCUT2D eigenvalue weighted by molar-refractivity contribution is 0.0924. The first-order chi connectivity index (χ1) is 7.16. The molecule has 2 rings (SSSR count). The lowest BCUT2D eigenvalue weighted by Gasteiger charge is -2.09. The van der Waals surface area contributed by atoms with E-state index < -0.39 is 0 Å². The van der Waals surface area contributed by atoms with Crippen molar-refractivity contribution in [2.45, 2.75) is 6.42 Å². The second kappa shape index (κ2) is 4.45. The van der Waals surface area contributed by atoms with Crippen molar-refractivity contribution in [3.05, 3.63) is 34.3 Å². The van der Waals surface area contributed by atoms with E-state index in [1.165, 1.54) is 0 Å². The first-order valence-electron chi connectivity index (χ1n) is 5.15. The minimum Gasteiger partial charge on any atom is -0.306 e. The van der Waals surface area contributed by atoms with Gasteiger partial charge in [-0.2, -0.15) is 0 Å². The van der Waals surface area contributed by atoms with Gasteiger partial charge in [-0.05, 0) is 32.1 Å². The highest BCUT2D eigenvalue weighted by Gasteiger charge is 2.26. The van der Waals surface area contributed by atoms with Crippen LogP contribution in [0.1, 0.15) is 16.8 Å². The fourth-order valence-corrected chi connectivity index (χ4v) is 2.43. The van der Waals surface area contributed by atoms with Gasteiger partial charge in [0.05, 0.1) is 0 Å². The molecule has 0 spiro atoms. The zero-order valence-corrected chi connectivity index (χ0v) is 10.3. The summed E-state index contributed by atoms with van der Waals surface area (Å²) in [5, 5.41) is 0. The number of Topliss-reactive ketones (excluding diaryl/α,β-unsaturated/α-hetero) is 1. The molecule has 80 valence electrons. The van der Waals surface area contributed by atoms with Gasteiger partial charge in [0.1, 0.15) is 0 Å². The molecule has 2 nitrogen and oxygen atoms in total. The van der Waals surface area contributed by atoms with Gasteiger partial charge in [0, 0.05) is 22.5 Å². The summed E-state index contributed by atoms with van der Waals surface area (Å²) in [5.74, 6) is 0.463. The Morgan fingerprint density at radius 2 is 2.33 bits per heavy atom. The minimum atomic E-state index is 0.185. The monoisotopic (exact) mass is 267 g/mol. The fraction of sp³-hybridized carbons (Fsp3) is 0.417. The first kappa shape index (κ1) is 10.8. The topological polar surface area (TPSA) is 20.3 Å². The van der Waals surface area contributed by atoms with Crippen molar-refractivity contribution in [1.29, 1.82) is 0 Å². The molecule has 0 bridgehead atoms. The number of nitrogens with zero attached hydrogens (tertiary/aromatic N) is 1. The number of carbonyl (C=O) groups excluding carboxylic acids is 1. The predicted molar refractivity (Wildman–Crippen MR) is 64.1 cm³/mol. The maximum absolute atomic E-state index is 12.1. The zero-order chi connectivity index (χ0) is 10.8. The van der Waals surface area contributed by atoms with Gasteiger partial charge in [-0.1, -0.05) is 28.1 Å². The lowest BCUT2D eigenvalue weighted by Crippen LogP contribution is -2.19. The third kappa shape index (κ3) is 2.47. The van der Waals surface area contributed by atoms with E-state index >= 15 is 0 Å². The molecule has 0 radical (unpaired) electrons. The quantitative estimate of drug-likeness (QED) is 0.768.